The van der Waals surface area contributed by atoms with Gasteiger partial charge in [-0.2, -0.15) is 0 Å². The number of hydrogen-bond donors (Lipinski definition) is 1. The summed E-state index contributed by atoms with van der Waals surface area (Å²) in [5.41, 5.74) is 3.00. The van der Waals surface area contributed by atoms with Crippen LogP contribution in [0, 0.1) is 18.8 Å². The smallest absolute Gasteiger partial charge is 0.222 e. The van der Waals surface area contributed by atoms with Crippen LogP contribution in [0.25, 0.3) is 10.9 Å². The maximum atomic E-state index is 12.5. The lowest BCUT2D eigenvalue weighted by atomic mass is 9.90. The molecule has 1 aliphatic carbocycles. The molecule has 2 aliphatic rings. The molecule has 1 aromatic carbocycles. The van der Waals surface area contributed by atoms with Crippen molar-refractivity contribution >= 4 is 29.2 Å². The number of piperidine rings is 1. The third-order valence-electron chi connectivity index (χ3n) is 6.18. The van der Waals surface area contributed by atoms with Crippen LogP contribution in [0.2, 0.25) is 0 Å². The minimum Gasteiger partial charge on any atom is -0.358 e. The second-order valence-corrected chi connectivity index (χ2v) is 8.11. The van der Waals surface area contributed by atoms with Gasteiger partial charge in [0.1, 0.15) is 0 Å². The van der Waals surface area contributed by atoms with Crippen molar-refractivity contribution in [3.63, 3.8) is 0 Å². The van der Waals surface area contributed by atoms with Gasteiger partial charge >= 0.3 is 0 Å². The van der Waals surface area contributed by atoms with Gasteiger partial charge in [-0.15, -0.1) is 12.4 Å². The molecule has 1 amide bonds. The number of nitrogens with one attached hydrogen (secondary N) is 1. The second kappa shape index (κ2) is 8.47. The summed E-state index contributed by atoms with van der Waals surface area (Å²) < 4.78 is 0. The molecule has 1 N–H and O–H groups in total. The van der Waals surface area contributed by atoms with Crippen LogP contribution in [0.4, 0.5) is 0 Å². The van der Waals surface area contributed by atoms with Crippen molar-refractivity contribution in [2.75, 3.05) is 13.1 Å². The molecule has 146 valence electrons. The summed E-state index contributed by atoms with van der Waals surface area (Å²) in [6.07, 6.45) is 7.42. The van der Waals surface area contributed by atoms with E-state index >= 15 is 0 Å². The fraction of sp³-hybridized carbons (Fsp3) is 0.545. The summed E-state index contributed by atoms with van der Waals surface area (Å²) in [5, 5.41) is 0.774. The van der Waals surface area contributed by atoms with E-state index in [0.29, 0.717) is 17.7 Å². The van der Waals surface area contributed by atoms with Gasteiger partial charge in [0.05, 0.1) is 0 Å². The Morgan fingerprint density at radius 3 is 2.52 bits per heavy atom. The first kappa shape index (κ1) is 19.9. The molecule has 1 aromatic heterocycles. The minimum atomic E-state index is 0. The maximum absolute atomic E-state index is 12.5. The Hall–Kier alpha value is -1.81. The van der Waals surface area contributed by atoms with Crippen molar-refractivity contribution in [2.24, 2.45) is 11.8 Å². The van der Waals surface area contributed by atoms with Gasteiger partial charge in [-0.05, 0) is 69.4 Å². The molecule has 1 saturated carbocycles. The highest BCUT2D eigenvalue weighted by atomic mass is 35.5. The van der Waals surface area contributed by atoms with Crippen molar-refractivity contribution < 1.29 is 4.79 Å². The number of carbonyl (C=O) groups is 1. The number of fused-ring (bicyclic) bond motifs is 1. The number of amides is 1. The Kier molecular flexibility index (Phi) is 6.25. The van der Waals surface area contributed by atoms with Crippen LogP contribution < -0.4 is 5.43 Å². The molecule has 2 heterocycles. The average Bonchev–Trinajstić information content (AvgIpc) is 3.48. The van der Waals surface area contributed by atoms with Crippen LogP contribution in [0.1, 0.15) is 49.8 Å². The average molecular weight is 389 g/mol. The van der Waals surface area contributed by atoms with E-state index in [1.807, 2.05) is 31.2 Å². The number of carbonyl (C=O) groups excluding carboxylic acids is 1. The number of halogens is 1. The molecule has 4 nitrogen and oxygen atoms in total. The van der Waals surface area contributed by atoms with Crippen LogP contribution in [0.3, 0.4) is 0 Å². The zero-order valence-electron chi connectivity index (χ0n) is 16.0. The molecule has 1 aliphatic heterocycles. The summed E-state index contributed by atoms with van der Waals surface area (Å²) in [4.78, 5) is 30.3. The highest BCUT2D eigenvalue weighted by Gasteiger charge is 2.29. The summed E-state index contributed by atoms with van der Waals surface area (Å²) >= 11 is 0. The molecule has 2 fully saturated rings. The quantitative estimate of drug-likeness (QED) is 0.833. The van der Waals surface area contributed by atoms with Crippen molar-refractivity contribution in [3.05, 3.63) is 45.7 Å². The van der Waals surface area contributed by atoms with E-state index in [4.69, 9.17) is 0 Å². The largest absolute Gasteiger partial charge is 0.358 e. The Labute approximate surface area is 166 Å². The summed E-state index contributed by atoms with van der Waals surface area (Å²) in [6.45, 7) is 3.74. The van der Waals surface area contributed by atoms with E-state index in [1.54, 1.807) is 0 Å². The highest BCUT2D eigenvalue weighted by Crippen LogP contribution is 2.33. The van der Waals surface area contributed by atoms with Gasteiger partial charge in [0.15, 0.2) is 5.43 Å². The third-order valence-corrected chi connectivity index (χ3v) is 6.18. The van der Waals surface area contributed by atoms with Crippen LogP contribution in [-0.2, 0) is 11.2 Å². The lowest BCUT2D eigenvalue weighted by Gasteiger charge is -2.32. The Morgan fingerprint density at radius 1 is 1.11 bits per heavy atom. The van der Waals surface area contributed by atoms with Gasteiger partial charge in [0.25, 0.3) is 0 Å². The molecule has 0 atom stereocenters. The highest BCUT2D eigenvalue weighted by molar-refractivity contribution is 5.85. The van der Waals surface area contributed by atoms with Crippen LogP contribution >= 0.6 is 12.4 Å². The Morgan fingerprint density at radius 2 is 1.81 bits per heavy atom. The predicted molar refractivity (Wildman–Crippen MR) is 112 cm³/mol. The molecule has 27 heavy (non-hydrogen) atoms. The summed E-state index contributed by atoms with van der Waals surface area (Å²) in [7, 11) is 0. The van der Waals surface area contributed by atoms with E-state index in [2.05, 4.69) is 9.88 Å². The lowest BCUT2D eigenvalue weighted by Crippen LogP contribution is -2.38. The van der Waals surface area contributed by atoms with E-state index in [1.165, 1.54) is 12.8 Å². The van der Waals surface area contributed by atoms with E-state index in [-0.39, 0.29) is 17.8 Å². The standard InChI is InChI=1S/C22H28N2O2.ClH/c1-15-19(23-20-5-3-2-4-18(20)22(15)26)9-8-16-10-12-24(13-11-16)21(25)14-17-6-7-17;/h2-5,16-17H,6-14H2,1H3,(H,23,26);1H. The molecule has 1 saturated heterocycles. The van der Waals surface area contributed by atoms with Gasteiger partial charge in [0.2, 0.25) is 5.91 Å². The van der Waals surface area contributed by atoms with Crippen molar-refractivity contribution in [1.29, 1.82) is 0 Å². The lowest BCUT2D eigenvalue weighted by molar-refractivity contribution is -0.133. The number of likely N-dealkylation sites (tertiary alicyclic amines) is 1. The Balaban J connectivity index is 0.00000210. The minimum absolute atomic E-state index is 0. The molecular weight excluding hydrogens is 360 g/mol. The fourth-order valence-corrected chi connectivity index (χ4v) is 4.15. The summed E-state index contributed by atoms with van der Waals surface area (Å²) in [6, 6.07) is 7.74. The predicted octanol–water partition coefficient (Wildman–Crippen LogP) is 4.23. The zero-order valence-corrected chi connectivity index (χ0v) is 16.8. The van der Waals surface area contributed by atoms with Crippen molar-refractivity contribution in [3.8, 4) is 0 Å². The number of nitrogens with zero attached hydrogens (tertiary/aromatic N) is 1. The fourth-order valence-electron chi connectivity index (χ4n) is 4.15. The van der Waals surface area contributed by atoms with Gasteiger partial charge in [-0.1, -0.05) is 12.1 Å². The van der Waals surface area contributed by atoms with Gasteiger partial charge in [-0.25, -0.2) is 0 Å². The molecular formula is C22H29ClN2O2. The molecule has 5 heteroatoms. The van der Waals surface area contributed by atoms with E-state index in [9.17, 15) is 9.59 Å². The maximum Gasteiger partial charge on any atom is 0.222 e. The van der Waals surface area contributed by atoms with Crippen molar-refractivity contribution in [1.82, 2.24) is 9.88 Å². The third kappa shape index (κ3) is 4.55. The molecule has 0 bridgehead atoms. The first-order valence-electron chi connectivity index (χ1n) is 10.00. The number of aromatic amines is 1. The SMILES string of the molecule is Cc1c(CCC2CCN(C(=O)CC3CC3)CC2)[nH]c2ccccc2c1=O.Cl. The molecule has 0 radical (unpaired) electrons. The number of aromatic nitrogens is 1. The first-order valence-corrected chi connectivity index (χ1v) is 10.00. The number of aryl methyl sites for hydroxylation is 1. The number of hydrogen-bond acceptors (Lipinski definition) is 2. The van der Waals surface area contributed by atoms with Gasteiger partial charge in [0, 0.05) is 41.7 Å². The first-order chi connectivity index (χ1) is 12.6. The monoisotopic (exact) mass is 388 g/mol. The van der Waals surface area contributed by atoms with Crippen LogP contribution in [0.15, 0.2) is 29.1 Å². The molecule has 4 rings (SSSR count). The van der Waals surface area contributed by atoms with Gasteiger partial charge in [-0.3, -0.25) is 9.59 Å². The Bertz CT molecular complexity index is 864. The number of rotatable bonds is 5. The topological polar surface area (TPSA) is 53.2 Å². The van der Waals surface area contributed by atoms with E-state index < -0.39 is 0 Å². The number of para-hydroxylation sites is 1. The van der Waals surface area contributed by atoms with Crippen LogP contribution in [-0.4, -0.2) is 28.9 Å². The molecule has 0 spiro atoms. The molecule has 2 aromatic rings. The summed E-state index contributed by atoms with van der Waals surface area (Å²) in [5.74, 6) is 1.68. The second-order valence-electron chi connectivity index (χ2n) is 8.11. The number of benzene rings is 1. The van der Waals surface area contributed by atoms with Crippen molar-refractivity contribution in [2.45, 2.75) is 51.9 Å². The number of pyridine rings is 1. The van der Waals surface area contributed by atoms with E-state index in [0.717, 1.165) is 67.4 Å². The van der Waals surface area contributed by atoms with Gasteiger partial charge < -0.3 is 9.88 Å². The number of H-pyrrole nitrogens is 1. The normalized spacial score (nSPS) is 17.7. The van der Waals surface area contributed by atoms with Crippen LogP contribution in [0.5, 0.6) is 0 Å². The molecule has 0 unspecified atom stereocenters. The zero-order chi connectivity index (χ0) is 18.1.